The molecule has 3 heterocycles. The van der Waals surface area contributed by atoms with Crippen LogP contribution in [0.25, 0.3) is 5.52 Å². The molecule has 1 saturated carbocycles. The van der Waals surface area contributed by atoms with Gasteiger partial charge < -0.3 is 38.9 Å². The number of hydrogen-bond acceptors (Lipinski definition) is 13. The smallest absolute Gasteiger partial charge is 0.428 e. The van der Waals surface area contributed by atoms with Crippen LogP contribution >= 0.6 is 0 Å². The second-order valence-electron chi connectivity index (χ2n) is 13.2. The van der Waals surface area contributed by atoms with Gasteiger partial charge in [-0.15, -0.1) is 0 Å². The van der Waals surface area contributed by atoms with E-state index in [-0.39, 0.29) is 5.82 Å². The molecule has 244 valence electrons. The average Bonchev–Trinajstić information content (AvgIpc) is 3.20. The number of fused-ring (bicyclic) bond motifs is 2. The van der Waals surface area contributed by atoms with Gasteiger partial charge in [-0.3, -0.25) is 0 Å². The Labute approximate surface area is 256 Å². The van der Waals surface area contributed by atoms with Crippen LogP contribution in [0.5, 0.6) is 0 Å². The molecule has 2 aromatic heterocycles. The van der Waals surface area contributed by atoms with Gasteiger partial charge in [0.05, 0.1) is 5.69 Å². The fourth-order valence-electron chi connectivity index (χ4n) is 4.89. The molecule has 2 N–H and O–H groups in total. The van der Waals surface area contributed by atoms with Gasteiger partial charge in [-0.2, -0.15) is 5.10 Å². The number of carbonyl (C=O) groups is 3. The van der Waals surface area contributed by atoms with Crippen molar-refractivity contribution in [3.8, 4) is 0 Å². The summed E-state index contributed by atoms with van der Waals surface area (Å²) in [5.74, 6) is 0.207. The van der Waals surface area contributed by atoms with Crippen molar-refractivity contribution in [1.82, 2.24) is 14.6 Å². The van der Waals surface area contributed by atoms with E-state index >= 15 is 0 Å². The molecule has 0 amide bonds. The number of anilines is 1. The minimum absolute atomic E-state index is 0.207. The standard InChI is InChI=1S/C30H44N4O10/c1-11-26(4,5)41-23(35)38-19-20-30(19,44-25(37)43-28(8,9)13-3)22(39-24(36)42-27(6,7)12-2)29(10,40-20)18-15-14-17-21(31)32-16-33-34(17)18/h14-16,19-20,22H,11-13H2,1-10H3,(H2,31,32,33). The highest BCUT2D eigenvalue weighted by atomic mass is 16.8. The highest BCUT2D eigenvalue weighted by molar-refractivity contribution is 5.68. The van der Waals surface area contributed by atoms with E-state index in [1.54, 1.807) is 60.6 Å². The maximum Gasteiger partial charge on any atom is 0.509 e. The van der Waals surface area contributed by atoms with Crippen LogP contribution in [0.4, 0.5) is 20.2 Å². The Morgan fingerprint density at radius 2 is 1.41 bits per heavy atom. The molecule has 4 rings (SSSR count). The summed E-state index contributed by atoms with van der Waals surface area (Å²) in [6, 6.07) is 3.37. The zero-order chi connectivity index (χ0) is 32.9. The van der Waals surface area contributed by atoms with Crippen molar-refractivity contribution in [1.29, 1.82) is 0 Å². The number of rotatable bonds is 10. The minimum Gasteiger partial charge on any atom is -0.428 e. The van der Waals surface area contributed by atoms with Gasteiger partial charge in [-0.1, -0.05) is 20.8 Å². The topological polar surface area (TPSA) is 172 Å². The third-order valence-electron chi connectivity index (χ3n) is 8.66. The first-order valence-electron chi connectivity index (χ1n) is 14.8. The maximum absolute atomic E-state index is 13.3. The summed E-state index contributed by atoms with van der Waals surface area (Å²) in [6.07, 6.45) is -4.05. The summed E-state index contributed by atoms with van der Waals surface area (Å²) in [4.78, 5) is 43.6. The Kier molecular flexibility index (Phi) is 8.48. The molecule has 14 nitrogen and oxygen atoms in total. The van der Waals surface area contributed by atoms with E-state index in [9.17, 15) is 14.4 Å². The zero-order valence-corrected chi connectivity index (χ0v) is 27.1. The molecule has 0 spiro atoms. The van der Waals surface area contributed by atoms with Gasteiger partial charge in [0.15, 0.2) is 18.0 Å². The summed E-state index contributed by atoms with van der Waals surface area (Å²) in [7, 11) is 0. The van der Waals surface area contributed by atoms with Crippen molar-refractivity contribution >= 4 is 29.8 Å². The molecule has 2 aliphatic rings. The van der Waals surface area contributed by atoms with Crippen LogP contribution < -0.4 is 5.73 Å². The molecule has 44 heavy (non-hydrogen) atoms. The lowest BCUT2D eigenvalue weighted by atomic mass is 9.90. The third-order valence-corrected chi connectivity index (χ3v) is 8.66. The number of carbonyl (C=O) groups excluding carboxylic acids is 3. The van der Waals surface area contributed by atoms with Crippen molar-refractivity contribution in [2.75, 3.05) is 5.73 Å². The molecule has 1 aliphatic carbocycles. The summed E-state index contributed by atoms with van der Waals surface area (Å²) in [6.45, 7) is 17.6. The number of nitrogens with zero attached hydrogens (tertiary/aromatic N) is 3. The fourth-order valence-corrected chi connectivity index (χ4v) is 4.89. The molecule has 0 radical (unpaired) electrons. The Balaban J connectivity index is 1.79. The first-order valence-corrected chi connectivity index (χ1v) is 14.8. The van der Waals surface area contributed by atoms with E-state index < -0.39 is 64.8 Å². The second-order valence-corrected chi connectivity index (χ2v) is 13.2. The van der Waals surface area contributed by atoms with Crippen molar-refractivity contribution in [2.45, 2.75) is 135 Å². The van der Waals surface area contributed by atoms with Crippen molar-refractivity contribution in [3.05, 3.63) is 24.2 Å². The summed E-state index contributed by atoms with van der Waals surface area (Å²) in [5.41, 5.74) is 1.02. The van der Waals surface area contributed by atoms with Gasteiger partial charge in [0.2, 0.25) is 5.60 Å². The summed E-state index contributed by atoms with van der Waals surface area (Å²) >= 11 is 0. The Bertz CT molecular complexity index is 1420. The van der Waals surface area contributed by atoms with Crippen LogP contribution in [0.1, 0.15) is 94.2 Å². The minimum atomic E-state index is -1.83. The molecule has 2 fully saturated rings. The molecule has 1 saturated heterocycles. The van der Waals surface area contributed by atoms with E-state index in [1.165, 1.54) is 10.8 Å². The van der Waals surface area contributed by atoms with Gasteiger partial charge in [0.1, 0.15) is 40.4 Å². The predicted molar refractivity (Wildman–Crippen MR) is 156 cm³/mol. The normalized spacial score (nSPS) is 26.5. The lowest BCUT2D eigenvalue weighted by Gasteiger charge is -2.36. The quantitative estimate of drug-likeness (QED) is 0.263. The van der Waals surface area contributed by atoms with Crippen LogP contribution in [0.2, 0.25) is 0 Å². The lowest BCUT2D eigenvalue weighted by molar-refractivity contribution is -0.159. The summed E-state index contributed by atoms with van der Waals surface area (Å²) in [5, 5.41) is 4.31. The van der Waals surface area contributed by atoms with Crippen LogP contribution in [0, 0.1) is 0 Å². The van der Waals surface area contributed by atoms with Gasteiger partial charge in [-0.25, -0.2) is 23.9 Å². The van der Waals surface area contributed by atoms with Crippen LogP contribution in [0.15, 0.2) is 18.5 Å². The fraction of sp³-hybridized carbons (Fsp3) is 0.700. The molecule has 0 aromatic carbocycles. The monoisotopic (exact) mass is 620 g/mol. The van der Waals surface area contributed by atoms with Crippen molar-refractivity contribution < 1.29 is 47.5 Å². The Morgan fingerprint density at radius 3 is 1.95 bits per heavy atom. The lowest BCUT2D eigenvalue weighted by Crippen LogP contribution is -2.52. The number of ether oxygens (including phenoxy) is 7. The molecule has 1 aliphatic heterocycles. The average molecular weight is 621 g/mol. The Morgan fingerprint density at radius 1 is 0.886 bits per heavy atom. The molecule has 5 atom stereocenters. The molecular formula is C30H44N4O10. The van der Waals surface area contributed by atoms with Crippen LogP contribution in [0.3, 0.4) is 0 Å². The number of nitrogen functional groups attached to an aromatic ring is 1. The van der Waals surface area contributed by atoms with Crippen LogP contribution in [-0.2, 0) is 38.8 Å². The van der Waals surface area contributed by atoms with Gasteiger partial charge in [-0.05, 0) is 79.9 Å². The summed E-state index contributed by atoms with van der Waals surface area (Å²) < 4.78 is 42.3. The second kappa shape index (κ2) is 11.3. The molecule has 2 aromatic rings. The first-order chi connectivity index (χ1) is 20.3. The van der Waals surface area contributed by atoms with E-state index in [1.807, 2.05) is 20.8 Å². The molecular weight excluding hydrogens is 576 g/mol. The molecule has 0 bridgehead atoms. The van der Waals surface area contributed by atoms with Crippen LogP contribution in [-0.4, -0.2) is 73.8 Å². The number of nitrogens with two attached hydrogens (primary N) is 1. The SMILES string of the molecule is CCC(C)(C)OC(=O)OC1C2OC(C)(c3ccc4c(N)ncnn34)C(OC(=O)OC(C)(C)CC)C12OC(=O)OC(C)(C)CC. The maximum atomic E-state index is 13.3. The van der Waals surface area contributed by atoms with Crippen molar-refractivity contribution in [2.24, 2.45) is 0 Å². The van der Waals surface area contributed by atoms with E-state index in [4.69, 9.17) is 38.9 Å². The van der Waals surface area contributed by atoms with Gasteiger partial charge in [0, 0.05) is 0 Å². The highest BCUT2D eigenvalue weighted by Crippen LogP contribution is 2.63. The predicted octanol–water partition coefficient (Wildman–Crippen LogP) is 5.44. The first kappa shape index (κ1) is 33.1. The van der Waals surface area contributed by atoms with E-state index in [2.05, 4.69) is 10.1 Å². The highest BCUT2D eigenvalue weighted by Gasteiger charge is 2.88. The largest absolute Gasteiger partial charge is 0.509 e. The Hall–Kier alpha value is -3.81. The zero-order valence-electron chi connectivity index (χ0n) is 27.1. The molecule has 14 heteroatoms. The molecule has 5 unspecified atom stereocenters. The third kappa shape index (κ3) is 6.08. The number of aromatic nitrogens is 3. The van der Waals surface area contributed by atoms with Gasteiger partial charge >= 0.3 is 18.5 Å². The van der Waals surface area contributed by atoms with Crippen molar-refractivity contribution in [3.63, 3.8) is 0 Å². The van der Waals surface area contributed by atoms with E-state index in [0.29, 0.717) is 30.5 Å². The van der Waals surface area contributed by atoms with E-state index in [0.717, 1.165) is 0 Å². The number of hydrogen-bond donors (Lipinski definition) is 1. The van der Waals surface area contributed by atoms with Gasteiger partial charge in [0.25, 0.3) is 0 Å².